The van der Waals surface area contributed by atoms with Gasteiger partial charge < -0.3 is 20.1 Å². The standard InChI is InChI=1S/C18H23N3O5/c1-17(2,3)26-16(25)21-10-18(9-13(21)14(22)23)15(24)19-11-7-5-6-8-12(11)20(18)4/h5-8,13H,9-10H2,1-4H3,(H,19,24)(H,22,23)/t13-,18+/m0/s1. The summed E-state index contributed by atoms with van der Waals surface area (Å²) in [6.45, 7) is 5.07. The normalized spacial score (nSPS) is 25.1. The van der Waals surface area contributed by atoms with Crippen molar-refractivity contribution in [2.24, 2.45) is 0 Å². The Labute approximate surface area is 151 Å². The molecular formula is C18H23N3O5. The predicted molar refractivity (Wildman–Crippen MR) is 95.2 cm³/mol. The molecule has 1 fully saturated rings. The summed E-state index contributed by atoms with van der Waals surface area (Å²) in [6.07, 6.45) is -0.750. The van der Waals surface area contributed by atoms with Gasteiger partial charge in [-0.05, 0) is 32.9 Å². The summed E-state index contributed by atoms with van der Waals surface area (Å²) in [4.78, 5) is 40.1. The van der Waals surface area contributed by atoms with Gasteiger partial charge in [-0.1, -0.05) is 12.1 Å². The van der Waals surface area contributed by atoms with E-state index >= 15 is 0 Å². The van der Waals surface area contributed by atoms with E-state index in [9.17, 15) is 19.5 Å². The number of carboxylic acids is 1. The molecule has 1 aromatic carbocycles. The topological polar surface area (TPSA) is 99.2 Å². The highest BCUT2D eigenvalue weighted by Crippen LogP contribution is 2.42. The summed E-state index contributed by atoms with van der Waals surface area (Å²) in [5.74, 6) is -1.48. The SMILES string of the molecule is CN1c2ccccc2NC(=O)[C@]12C[C@@H](C(=O)O)N(C(=O)OC(C)(C)C)C2. The Morgan fingerprint density at radius 1 is 1.31 bits per heavy atom. The average molecular weight is 361 g/mol. The van der Waals surface area contributed by atoms with Gasteiger partial charge in [0.2, 0.25) is 0 Å². The number of hydrogen-bond donors (Lipinski definition) is 2. The number of aliphatic carboxylic acids is 1. The number of likely N-dealkylation sites (N-methyl/N-ethyl adjacent to an activating group) is 1. The van der Waals surface area contributed by atoms with Crippen LogP contribution in [0, 0.1) is 0 Å². The summed E-state index contributed by atoms with van der Waals surface area (Å²) in [6, 6.07) is 6.15. The van der Waals surface area contributed by atoms with Crippen LogP contribution in [0.4, 0.5) is 16.2 Å². The number of rotatable bonds is 1. The zero-order valence-electron chi connectivity index (χ0n) is 15.3. The third kappa shape index (κ3) is 2.85. The van der Waals surface area contributed by atoms with E-state index in [0.29, 0.717) is 5.69 Å². The van der Waals surface area contributed by atoms with Crippen LogP contribution in [0.3, 0.4) is 0 Å². The van der Waals surface area contributed by atoms with Gasteiger partial charge in [0.1, 0.15) is 17.2 Å². The minimum Gasteiger partial charge on any atom is -0.480 e. The zero-order valence-corrected chi connectivity index (χ0v) is 15.3. The van der Waals surface area contributed by atoms with Crippen molar-refractivity contribution >= 4 is 29.3 Å². The highest BCUT2D eigenvalue weighted by molar-refractivity contribution is 6.08. The number of carboxylic acid groups (broad SMARTS) is 1. The van der Waals surface area contributed by atoms with E-state index in [-0.39, 0.29) is 18.9 Å². The van der Waals surface area contributed by atoms with Crippen molar-refractivity contribution in [1.82, 2.24) is 4.90 Å². The Morgan fingerprint density at radius 3 is 2.58 bits per heavy atom. The van der Waals surface area contributed by atoms with E-state index < -0.39 is 29.2 Å². The molecule has 2 aliphatic heterocycles. The number of amides is 2. The van der Waals surface area contributed by atoms with Crippen LogP contribution in [-0.2, 0) is 14.3 Å². The van der Waals surface area contributed by atoms with Crippen molar-refractivity contribution in [3.8, 4) is 0 Å². The first-order valence-corrected chi connectivity index (χ1v) is 8.42. The molecule has 0 radical (unpaired) electrons. The van der Waals surface area contributed by atoms with E-state index in [0.717, 1.165) is 10.6 Å². The van der Waals surface area contributed by atoms with Gasteiger partial charge in [-0.15, -0.1) is 0 Å². The molecule has 0 aromatic heterocycles. The number of nitrogens with zero attached hydrogens (tertiary/aromatic N) is 2. The Bertz CT molecular complexity index is 772. The Hall–Kier alpha value is -2.77. The number of benzene rings is 1. The Balaban J connectivity index is 1.97. The van der Waals surface area contributed by atoms with Gasteiger partial charge in [0.05, 0.1) is 17.9 Å². The zero-order chi connectivity index (χ0) is 19.3. The molecule has 8 nitrogen and oxygen atoms in total. The third-order valence-electron chi connectivity index (χ3n) is 4.83. The molecule has 0 bridgehead atoms. The van der Waals surface area contributed by atoms with Gasteiger partial charge in [0.15, 0.2) is 0 Å². The van der Waals surface area contributed by atoms with E-state index in [2.05, 4.69) is 5.32 Å². The summed E-state index contributed by atoms with van der Waals surface area (Å²) >= 11 is 0. The van der Waals surface area contributed by atoms with E-state index in [1.807, 2.05) is 18.2 Å². The van der Waals surface area contributed by atoms with Gasteiger partial charge in [0.25, 0.3) is 5.91 Å². The fraction of sp³-hybridized carbons (Fsp3) is 0.500. The van der Waals surface area contributed by atoms with Gasteiger partial charge in [-0.2, -0.15) is 0 Å². The van der Waals surface area contributed by atoms with E-state index in [1.54, 1.807) is 38.8 Å². The molecule has 2 atom stereocenters. The summed E-state index contributed by atoms with van der Waals surface area (Å²) in [5, 5.41) is 12.5. The van der Waals surface area contributed by atoms with Crippen LogP contribution < -0.4 is 10.2 Å². The molecule has 0 unspecified atom stereocenters. The molecule has 26 heavy (non-hydrogen) atoms. The number of carbonyl (C=O) groups is 3. The first-order valence-electron chi connectivity index (χ1n) is 8.42. The molecule has 2 aliphatic rings. The lowest BCUT2D eigenvalue weighted by Gasteiger charge is -2.43. The van der Waals surface area contributed by atoms with Crippen LogP contribution in [0.25, 0.3) is 0 Å². The largest absolute Gasteiger partial charge is 0.480 e. The number of nitrogens with one attached hydrogen (secondary N) is 1. The third-order valence-corrected chi connectivity index (χ3v) is 4.83. The second-order valence-corrected chi connectivity index (χ2v) is 7.73. The van der Waals surface area contributed by atoms with Crippen molar-refractivity contribution in [3.63, 3.8) is 0 Å². The average Bonchev–Trinajstić information content (AvgIpc) is 2.94. The Kier molecular flexibility index (Phi) is 4.09. The lowest BCUT2D eigenvalue weighted by atomic mass is 9.89. The second-order valence-electron chi connectivity index (χ2n) is 7.73. The number of carbonyl (C=O) groups excluding carboxylic acids is 2. The number of fused-ring (bicyclic) bond motifs is 1. The molecule has 0 aliphatic carbocycles. The number of hydrogen-bond acceptors (Lipinski definition) is 5. The Morgan fingerprint density at radius 2 is 1.96 bits per heavy atom. The first-order chi connectivity index (χ1) is 12.0. The van der Waals surface area contributed by atoms with Crippen LogP contribution >= 0.6 is 0 Å². The van der Waals surface area contributed by atoms with Gasteiger partial charge in [-0.3, -0.25) is 9.69 Å². The molecule has 2 amide bonds. The van der Waals surface area contributed by atoms with Crippen molar-refractivity contribution in [1.29, 1.82) is 0 Å². The van der Waals surface area contributed by atoms with Crippen molar-refractivity contribution in [2.45, 2.75) is 44.4 Å². The van der Waals surface area contributed by atoms with Gasteiger partial charge in [0, 0.05) is 13.5 Å². The molecule has 3 rings (SSSR count). The fourth-order valence-electron chi connectivity index (χ4n) is 3.52. The molecule has 0 saturated carbocycles. The molecule has 1 saturated heterocycles. The molecule has 2 N–H and O–H groups in total. The van der Waals surface area contributed by atoms with Crippen LogP contribution in [-0.4, -0.2) is 58.8 Å². The minimum atomic E-state index is -1.16. The minimum absolute atomic E-state index is 0.0156. The van der Waals surface area contributed by atoms with Crippen molar-refractivity contribution < 1.29 is 24.2 Å². The number of likely N-dealkylation sites (tertiary alicyclic amines) is 1. The van der Waals surface area contributed by atoms with E-state index in [4.69, 9.17) is 4.74 Å². The van der Waals surface area contributed by atoms with Crippen molar-refractivity contribution in [2.75, 3.05) is 23.8 Å². The maximum absolute atomic E-state index is 12.9. The van der Waals surface area contributed by atoms with Gasteiger partial charge in [-0.25, -0.2) is 9.59 Å². The number of anilines is 2. The number of ether oxygens (including phenoxy) is 1. The highest BCUT2D eigenvalue weighted by atomic mass is 16.6. The lowest BCUT2D eigenvalue weighted by molar-refractivity contribution is -0.142. The van der Waals surface area contributed by atoms with Crippen LogP contribution in [0.1, 0.15) is 27.2 Å². The molecule has 1 aromatic rings. The summed E-state index contributed by atoms with van der Waals surface area (Å²) < 4.78 is 5.35. The highest BCUT2D eigenvalue weighted by Gasteiger charge is 2.58. The predicted octanol–water partition coefficient (Wildman–Crippen LogP) is 1.91. The first kappa shape index (κ1) is 18.0. The van der Waals surface area contributed by atoms with Crippen molar-refractivity contribution in [3.05, 3.63) is 24.3 Å². The monoisotopic (exact) mass is 361 g/mol. The van der Waals surface area contributed by atoms with Crippen LogP contribution in [0.15, 0.2) is 24.3 Å². The van der Waals surface area contributed by atoms with Crippen LogP contribution in [0.5, 0.6) is 0 Å². The van der Waals surface area contributed by atoms with E-state index in [1.165, 1.54) is 0 Å². The number of para-hydroxylation sites is 2. The molecular weight excluding hydrogens is 338 g/mol. The maximum Gasteiger partial charge on any atom is 0.411 e. The molecule has 8 heteroatoms. The van der Waals surface area contributed by atoms with Crippen LogP contribution in [0.2, 0.25) is 0 Å². The second kappa shape index (κ2) is 5.89. The molecule has 140 valence electrons. The quantitative estimate of drug-likeness (QED) is 0.793. The maximum atomic E-state index is 12.9. The van der Waals surface area contributed by atoms with Gasteiger partial charge >= 0.3 is 12.1 Å². The summed E-state index contributed by atoms with van der Waals surface area (Å²) in [5.41, 5.74) is -0.479. The molecule has 1 spiro atoms. The smallest absolute Gasteiger partial charge is 0.411 e. The fourth-order valence-corrected chi connectivity index (χ4v) is 3.52. The summed E-state index contributed by atoms with van der Waals surface area (Å²) in [7, 11) is 1.75. The lowest BCUT2D eigenvalue weighted by Crippen LogP contribution is -2.60. The molecule has 2 heterocycles.